The molecule has 0 amide bonds. The van der Waals surface area contributed by atoms with E-state index in [0.29, 0.717) is 23.0 Å². The molecule has 0 radical (unpaired) electrons. The largest absolute Gasteiger partial charge is 0.298 e. The Morgan fingerprint density at radius 3 is 2.65 bits per heavy atom. The summed E-state index contributed by atoms with van der Waals surface area (Å²) in [5.41, 5.74) is 2.02. The van der Waals surface area contributed by atoms with Gasteiger partial charge in [0.25, 0.3) is 5.56 Å². The highest BCUT2D eigenvalue weighted by molar-refractivity contribution is 5.75. The van der Waals surface area contributed by atoms with Crippen LogP contribution in [0.3, 0.4) is 0 Å². The molecular weight excluding hydrogens is 333 g/mol. The maximum atomic E-state index is 14.0. The van der Waals surface area contributed by atoms with Crippen molar-refractivity contribution in [2.75, 3.05) is 0 Å². The van der Waals surface area contributed by atoms with E-state index < -0.39 is 0 Å². The molecule has 1 aliphatic rings. The highest BCUT2D eigenvalue weighted by Gasteiger charge is 2.22. The van der Waals surface area contributed by atoms with E-state index in [9.17, 15) is 9.18 Å². The highest BCUT2D eigenvalue weighted by Crippen LogP contribution is 2.26. The Hall–Kier alpha value is -2.57. The summed E-state index contributed by atoms with van der Waals surface area (Å²) in [6.07, 6.45) is 5.98. The summed E-state index contributed by atoms with van der Waals surface area (Å²) in [6.45, 7) is 2.25. The second-order valence-electron chi connectivity index (χ2n) is 6.88. The third-order valence-electron chi connectivity index (χ3n) is 5.22. The Kier molecular flexibility index (Phi) is 4.53. The van der Waals surface area contributed by atoms with Crippen LogP contribution in [0, 0.1) is 5.82 Å². The first-order valence-corrected chi connectivity index (χ1v) is 9.27. The molecule has 1 fully saturated rings. The van der Waals surface area contributed by atoms with Crippen LogP contribution in [0.15, 0.2) is 29.1 Å². The minimum Gasteiger partial charge on any atom is -0.265 e. The summed E-state index contributed by atoms with van der Waals surface area (Å²) in [5.74, 6) is -0.278. The summed E-state index contributed by atoms with van der Waals surface area (Å²) < 4.78 is 17.2. The number of fused-ring (bicyclic) bond motifs is 1. The first kappa shape index (κ1) is 16.9. The van der Waals surface area contributed by atoms with E-state index in [1.165, 1.54) is 17.2 Å². The van der Waals surface area contributed by atoms with Gasteiger partial charge in [0.15, 0.2) is 5.52 Å². The third kappa shape index (κ3) is 2.91. The minimum atomic E-state index is -0.278. The van der Waals surface area contributed by atoms with Crippen molar-refractivity contribution in [1.29, 1.82) is 0 Å². The topological polar surface area (TPSA) is 65.6 Å². The van der Waals surface area contributed by atoms with Crippen LogP contribution in [0.25, 0.3) is 11.0 Å². The summed E-state index contributed by atoms with van der Waals surface area (Å²) >= 11 is 0. The van der Waals surface area contributed by atoms with Gasteiger partial charge in [0.05, 0.1) is 18.3 Å². The lowest BCUT2D eigenvalue weighted by Crippen LogP contribution is -2.29. The van der Waals surface area contributed by atoms with Crippen molar-refractivity contribution in [3.05, 3.63) is 51.7 Å². The number of aryl methyl sites for hydroxylation is 1. The van der Waals surface area contributed by atoms with Crippen molar-refractivity contribution < 1.29 is 4.39 Å². The molecule has 0 N–H and O–H groups in total. The van der Waals surface area contributed by atoms with E-state index in [1.54, 1.807) is 22.9 Å². The van der Waals surface area contributed by atoms with Crippen LogP contribution in [0.5, 0.6) is 0 Å². The Balaban J connectivity index is 1.78. The van der Waals surface area contributed by atoms with Crippen LogP contribution in [0.1, 0.15) is 56.3 Å². The Morgan fingerprint density at radius 1 is 1.15 bits per heavy atom. The highest BCUT2D eigenvalue weighted by atomic mass is 19.1. The zero-order valence-corrected chi connectivity index (χ0v) is 14.9. The summed E-state index contributed by atoms with van der Waals surface area (Å²) in [6, 6.07) is 6.72. The van der Waals surface area contributed by atoms with Gasteiger partial charge in [-0.2, -0.15) is 5.10 Å². The van der Waals surface area contributed by atoms with E-state index >= 15 is 0 Å². The molecule has 3 aromatic rings. The maximum absolute atomic E-state index is 14.0. The molecular formula is C19H22FN5O. The number of hydrogen-bond donors (Lipinski definition) is 0. The molecule has 26 heavy (non-hydrogen) atoms. The second-order valence-corrected chi connectivity index (χ2v) is 6.88. The van der Waals surface area contributed by atoms with Gasteiger partial charge in [-0.05, 0) is 25.3 Å². The normalized spacial score (nSPS) is 15.6. The van der Waals surface area contributed by atoms with Crippen LogP contribution in [-0.4, -0.2) is 24.8 Å². The zero-order valence-electron chi connectivity index (χ0n) is 14.9. The minimum absolute atomic E-state index is 0.106. The number of rotatable bonds is 4. The number of nitrogens with zero attached hydrogens (tertiary/aromatic N) is 5. The van der Waals surface area contributed by atoms with Gasteiger partial charge in [-0.15, -0.1) is 5.10 Å². The van der Waals surface area contributed by atoms with E-state index in [0.717, 1.165) is 31.4 Å². The third-order valence-corrected chi connectivity index (χ3v) is 5.22. The molecule has 4 rings (SSSR count). The second kappa shape index (κ2) is 6.97. The molecule has 0 bridgehead atoms. The molecule has 0 spiro atoms. The molecule has 136 valence electrons. The molecule has 1 aliphatic carbocycles. The molecule has 0 aliphatic heterocycles. The van der Waals surface area contributed by atoms with Gasteiger partial charge in [0.2, 0.25) is 0 Å². The Morgan fingerprint density at radius 2 is 1.92 bits per heavy atom. The van der Waals surface area contributed by atoms with Gasteiger partial charge in [0, 0.05) is 5.56 Å². The fourth-order valence-electron chi connectivity index (χ4n) is 3.81. The quantitative estimate of drug-likeness (QED) is 0.721. The lowest BCUT2D eigenvalue weighted by atomic mass is 9.96. The monoisotopic (exact) mass is 355 g/mol. The van der Waals surface area contributed by atoms with Crippen LogP contribution in [-0.2, 0) is 13.0 Å². The van der Waals surface area contributed by atoms with Crippen LogP contribution >= 0.6 is 0 Å². The average molecular weight is 355 g/mol. The lowest BCUT2D eigenvalue weighted by Gasteiger charge is -2.21. The van der Waals surface area contributed by atoms with Crippen LogP contribution in [0.4, 0.5) is 4.39 Å². The smallest absolute Gasteiger partial charge is 0.265 e. The maximum Gasteiger partial charge on any atom is 0.298 e. The zero-order chi connectivity index (χ0) is 18.1. The van der Waals surface area contributed by atoms with Crippen molar-refractivity contribution in [1.82, 2.24) is 24.8 Å². The number of benzene rings is 1. The molecule has 1 saturated carbocycles. The van der Waals surface area contributed by atoms with Crippen LogP contribution in [0.2, 0.25) is 0 Å². The number of hydrogen-bond acceptors (Lipinski definition) is 4. The Bertz CT molecular complexity index is 987. The molecule has 0 saturated heterocycles. The molecule has 7 heteroatoms. The predicted octanol–water partition coefficient (Wildman–Crippen LogP) is 3.24. The average Bonchev–Trinajstić information content (AvgIpc) is 3.03. The number of aromatic nitrogens is 5. The summed E-state index contributed by atoms with van der Waals surface area (Å²) in [4.78, 5) is 12.9. The van der Waals surface area contributed by atoms with Gasteiger partial charge in [-0.25, -0.2) is 9.07 Å². The van der Waals surface area contributed by atoms with Crippen molar-refractivity contribution >= 4 is 11.0 Å². The molecule has 2 aromatic heterocycles. The van der Waals surface area contributed by atoms with Crippen molar-refractivity contribution in [3.63, 3.8) is 0 Å². The standard InChI is InChI=1S/C19H22FN5O/c1-2-16-17-18(22-24(16)12-13-8-6-7-11-15(13)20)19(26)25(23-21-17)14-9-4-3-5-10-14/h6-8,11,14H,2-5,9-10,12H2,1H3. The van der Waals surface area contributed by atoms with E-state index in [2.05, 4.69) is 15.4 Å². The van der Waals surface area contributed by atoms with Gasteiger partial charge in [0.1, 0.15) is 11.3 Å². The molecule has 2 heterocycles. The van der Waals surface area contributed by atoms with Gasteiger partial charge < -0.3 is 0 Å². The van der Waals surface area contributed by atoms with Crippen molar-refractivity contribution in [2.24, 2.45) is 0 Å². The molecule has 6 nitrogen and oxygen atoms in total. The first-order valence-electron chi connectivity index (χ1n) is 9.27. The first-order chi connectivity index (χ1) is 12.7. The van der Waals surface area contributed by atoms with Gasteiger partial charge in [-0.3, -0.25) is 9.48 Å². The van der Waals surface area contributed by atoms with Gasteiger partial charge in [-0.1, -0.05) is 49.6 Å². The molecule has 0 unspecified atom stereocenters. The molecule has 0 atom stereocenters. The number of halogens is 1. The van der Waals surface area contributed by atoms with Crippen molar-refractivity contribution in [2.45, 2.75) is 58.0 Å². The SMILES string of the molecule is CCc1c2nnn(C3CCCCC3)c(=O)c2nn1Cc1ccccc1F. The lowest BCUT2D eigenvalue weighted by molar-refractivity contribution is 0.311. The Labute approximate surface area is 150 Å². The summed E-state index contributed by atoms with van der Waals surface area (Å²) in [7, 11) is 0. The van der Waals surface area contributed by atoms with Crippen LogP contribution < -0.4 is 5.56 Å². The van der Waals surface area contributed by atoms with E-state index in [-0.39, 0.29) is 24.0 Å². The molecule has 1 aromatic carbocycles. The fourth-order valence-corrected chi connectivity index (χ4v) is 3.81. The summed E-state index contributed by atoms with van der Waals surface area (Å²) in [5, 5.41) is 13.0. The van der Waals surface area contributed by atoms with E-state index in [4.69, 9.17) is 0 Å². The van der Waals surface area contributed by atoms with Gasteiger partial charge >= 0.3 is 0 Å². The van der Waals surface area contributed by atoms with Crippen molar-refractivity contribution in [3.8, 4) is 0 Å². The van der Waals surface area contributed by atoms with E-state index in [1.807, 2.05) is 6.92 Å². The predicted molar refractivity (Wildman–Crippen MR) is 96.6 cm³/mol. The fraction of sp³-hybridized carbons (Fsp3) is 0.474.